The molecule has 0 atom stereocenters. The molecule has 0 aliphatic rings. The van der Waals surface area contributed by atoms with E-state index in [0.29, 0.717) is 10.6 Å². The first-order valence-electron chi connectivity index (χ1n) is 9.13. The van der Waals surface area contributed by atoms with Crippen molar-refractivity contribution in [2.45, 2.75) is 0 Å². The van der Waals surface area contributed by atoms with E-state index in [1.807, 2.05) is 47.8 Å². The van der Waals surface area contributed by atoms with Crippen LogP contribution < -0.4 is 4.74 Å². The Labute approximate surface area is 181 Å². The first-order valence-corrected chi connectivity index (χ1v) is 10.0. The Morgan fingerprint density at radius 1 is 1.26 bits per heavy atom. The molecule has 0 saturated heterocycles. The van der Waals surface area contributed by atoms with Gasteiger partial charge >= 0.3 is 5.69 Å². The van der Waals surface area contributed by atoms with Crippen molar-refractivity contribution >= 4 is 39.4 Å². The van der Waals surface area contributed by atoms with Gasteiger partial charge in [0.1, 0.15) is 11.1 Å². The van der Waals surface area contributed by atoms with Crippen LogP contribution in [0.15, 0.2) is 60.0 Å². The maximum Gasteiger partial charge on any atom is 0.315 e. The van der Waals surface area contributed by atoms with Crippen LogP contribution >= 0.6 is 11.3 Å². The van der Waals surface area contributed by atoms with Gasteiger partial charge in [-0.3, -0.25) is 10.1 Å². The fraction of sp³-hybridized carbons (Fsp3) is 0.0435. The Balaban J connectivity index is 1.77. The lowest BCUT2D eigenvalue weighted by Crippen LogP contribution is -1.93. The fourth-order valence-corrected chi connectivity index (χ4v) is 4.06. The number of phenols is 1. The van der Waals surface area contributed by atoms with E-state index in [0.717, 1.165) is 22.0 Å². The number of nitro benzene ring substituents is 1. The topological polar surface area (TPSA) is 109 Å². The van der Waals surface area contributed by atoms with Crippen molar-refractivity contribution < 1.29 is 14.8 Å². The normalized spacial score (nSPS) is 11.3. The molecule has 7 nitrogen and oxygen atoms in total. The van der Waals surface area contributed by atoms with E-state index < -0.39 is 16.4 Å². The van der Waals surface area contributed by atoms with Gasteiger partial charge in [-0.05, 0) is 28.5 Å². The number of thiazole rings is 1. The second kappa shape index (κ2) is 8.26. The quantitative estimate of drug-likeness (QED) is 0.249. The Hall–Kier alpha value is -4.22. The monoisotopic (exact) mass is 429 g/mol. The Morgan fingerprint density at radius 2 is 2.03 bits per heavy atom. The van der Waals surface area contributed by atoms with Crippen LogP contribution in [-0.4, -0.2) is 22.1 Å². The van der Waals surface area contributed by atoms with Gasteiger partial charge in [-0.25, -0.2) is 4.98 Å². The molecular formula is C23H15N3O4S. The van der Waals surface area contributed by atoms with Crippen LogP contribution in [0.1, 0.15) is 10.6 Å². The molecule has 0 fully saturated rings. The summed E-state index contributed by atoms with van der Waals surface area (Å²) >= 11 is 1.31. The minimum atomic E-state index is -0.705. The smallest absolute Gasteiger partial charge is 0.315 e. The average Bonchev–Trinajstić information content (AvgIpc) is 3.27. The van der Waals surface area contributed by atoms with E-state index in [2.05, 4.69) is 11.1 Å². The number of rotatable bonds is 5. The molecule has 4 rings (SSSR count). The third-order valence-electron chi connectivity index (χ3n) is 4.73. The third kappa shape index (κ3) is 3.82. The molecule has 0 radical (unpaired) electrons. The van der Waals surface area contributed by atoms with E-state index in [9.17, 15) is 20.5 Å². The molecular weight excluding hydrogens is 414 g/mol. The molecule has 0 amide bonds. The number of nitro groups is 1. The highest BCUT2D eigenvalue weighted by Crippen LogP contribution is 2.38. The Bertz CT molecular complexity index is 1380. The summed E-state index contributed by atoms with van der Waals surface area (Å²) in [5.74, 6) is -0.607. The molecule has 152 valence electrons. The predicted molar refractivity (Wildman–Crippen MR) is 120 cm³/mol. The summed E-state index contributed by atoms with van der Waals surface area (Å²) in [5, 5.41) is 35.4. The van der Waals surface area contributed by atoms with E-state index in [1.54, 1.807) is 0 Å². The maximum atomic E-state index is 11.2. The van der Waals surface area contributed by atoms with Crippen LogP contribution in [0.5, 0.6) is 11.5 Å². The van der Waals surface area contributed by atoms with Gasteiger partial charge in [0.05, 0.1) is 23.3 Å². The second-order valence-corrected chi connectivity index (χ2v) is 7.44. The number of fused-ring (bicyclic) bond motifs is 1. The van der Waals surface area contributed by atoms with Gasteiger partial charge in [0.25, 0.3) is 0 Å². The van der Waals surface area contributed by atoms with Gasteiger partial charge in [-0.15, -0.1) is 11.3 Å². The number of aromatic nitrogens is 1. The largest absolute Gasteiger partial charge is 0.500 e. The Morgan fingerprint density at radius 3 is 2.77 bits per heavy atom. The number of benzene rings is 3. The summed E-state index contributed by atoms with van der Waals surface area (Å²) in [5.41, 5.74) is 1.80. The molecule has 31 heavy (non-hydrogen) atoms. The molecule has 0 aliphatic carbocycles. The minimum absolute atomic E-state index is 0.0478. The van der Waals surface area contributed by atoms with Crippen LogP contribution in [-0.2, 0) is 0 Å². The first-order chi connectivity index (χ1) is 15.0. The van der Waals surface area contributed by atoms with Crippen molar-refractivity contribution in [1.82, 2.24) is 4.98 Å². The van der Waals surface area contributed by atoms with Crippen molar-refractivity contribution in [3.8, 4) is 28.8 Å². The number of aromatic hydroxyl groups is 1. The molecule has 0 aliphatic heterocycles. The molecule has 0 spiro atoms. The van der Waals surface area contributed by atoms with Crippen LogP contribution in [0.2, 0.25) is 0 Å². The summed E-state index contributed by atoms with van der Waals surface area (Å²) in [6.45, 7) is 0. The highest BCUT2D eigenvalue weighted by atomic mass is 32.1. The second-order valence-electron chi connectivity index (χ2n) is 6.58. The molecule has 1 heterocycles. The standard InChI is InChI=1S/C23H15N3O4S/c1-30-21-11-14(10-20(22(21)27)26(28)29)9-16(12-24)23-25-19(13-31-23)18-8-4-6-15-5-2-3-7-17(15)18/h2-11,13,27H,1H3/b16-9+. The lowest BCUT2D eigenvalue weighted by molar-refractivity contribution is -0.386. The van der Waals surface area contributed by atoms with Gasteiger partial charge in [0.2, 0.25) is 5.75 Å². The minimum Gasteiger partial charge on any atom is -0.500 e. The number of hydrogen-bond acceptors (Lipinski definition) is 7. The first kappa shape index (κ1) is 20.1. The number of nitriles is 1. The van der Waals surface area contributed by atoms with Crippen molar-refractivity contribution in [1.29, 1.82) is 5.26 Å². The highest BCUT2D eigenvalue weighted by Gasteiger charge is 2.20. The van der Waals surface area contributed by atoms with Crippen molar-refractivity contribution in [2.75, 3.05) is 7.11 Å². The van der Waals surface area contributed by atoms with Gasteiger partial charge in [0, 0.05) is 17.0 Å². The zero-order valence-corrected chi connectivity index (χ0v) is 17.1. The van der Waals surface area contributed by atoms with Gasteiger partial charge in [-0.1, -0.05) is 42.5 Å². The van der Waals surface area contributed by atoms with Gasteiger partial charge in [-0.2, -0.15) is 5.26 Å². The molecule has 0 saturated carbocycles. The molecule has 8 heteroatoms. The lowest BCUT2D eigenvalue weighted by atomic mass is 10.0. The number of hydrogen-bond donors (Lipinski definition) is 1. The zero-order chi connectivity index (χ0) is 22.0. The van der Waals surface area contributed by atoms with Crippen LogP contribution in [0.4, 0.5) is 5.69 Å². The fourth-order valence-electron chi connectivity index (χ4n) is 3.27. The highest BCUT2D eigenvalue weighted by molar-refractivity contribution is 7.11. The lowest BCUT2D eigenvalue weighted by Gasteiger charge is -2.05. The molecule has 0 unspecified atom stereocenters. The Kier molecular flexibility index (Phi) is 5.35. The maximum absolute atomic E-state index is 11.2. The van der Waals surface area contributed by atoms with Gasteiger partial charge < -0.3 is 9.84 Å². The van der Waals surface area contributed by atoms with E-state index in [-0.39, 0.29) is 11.3 Å². The molecule has 1 N–H and O–H groups in total. The summed E-state index contributed by atoms with van der Waals surface area (Å²) in [6.07, 6.45) is 1.49. The number of ether oxygens (including phenoxy) is 1. The predicted octanol–water partition coefficient (Wildman–Crippen LogP) is 5.65. The molecule has 0 bridgehead atoms. The van der Waals surface area contributed by atoms with Crippen molar-refractivity contribution in [2.24, 2.45) is 0 Å². The third-order valence-corrected chi connectivity index (χ3v) is 5.60. The van der Waals surface area contributed by atoms with Crippen molar-refractivity contribution in [3.05, 3.63) is 80.7 Å². The number of allylic oxidation sites excluding steroid dienone is 1. The summed E-state index contributed by atoms with van der Waals surface area (Å²) in [6, 6.07) is 18.7. The summed E-state index contributed by atoms with van der Waals surface area (Å²) in [7, 11) is 1.30. The molecule has 4 aromatic rings. The van der Waals surface area contributed by atoms with Crippen LogP contribution in [0.25, 0.3) is 33.7 Å². The molecule has 3 aromatic carbocycles. The SMILES string of the molecule is COc1cc(/C=C(\C#N)c2nc(-c3cccc4ccccc34)cs2)cc([N+](=O)[O-])c1O. The average molecular weight is 429 g/mol. The number of phenolic OH excluding ortho intramolecular Hbond substituents is 1. The van der Waals surface area contributed by atoms with E-state index >= 15 is 0 Å². The van der Waals surface area contributed by atoms with E-state index in [1.165, 1.54) is 36.7 Å². The number of methoxy groups -OCH3 is 1. The summed E-state index contributed by atoms with van der Waals surface area (Å²) < 4.78 is 5.02. The van der Waals surface area contributed by atoms with Gasteiger partial charge in [0.15, 0.2) is 5.75 Å². The van der Waals surface area contributed by atoms with Crippen molar-refractivity contribution in [3.63, 3.8) is 0 Å². The number of nitrogens with zero attached hydrogens (tertiary/aromatic N) is 3. The zero-order valence-electron chi connectivity index (χ0n) is 16.3. The molecule has 1 aromatic heterocycles. The summed E-state index contributed by atoms with van der Waals surface area (Å²) in [4.78, 5) is 15.2. The van der Waals surface area contributed by atoms with Crippen LogP contribution in [0.3, 0.4) is 0 Å². The van der Waals surface area contributed by atoms with Crippen LogP contribution in [0, 0.1) is 21.4 Å². The van der Waals surface area contributed by atoms with E-state index in [4.69, 9.17) is 4.74 Å².